The lowest BCUT2D eigenvalue weighted by Crippen LogP contribution is -2.55. The third-order valence-electron chi connectivity index (χ3n) is 6.03. The molecule has 2 amide bonds. The third kappa shape index (κ3) is 5.39. The van der Waals surface area contributed by atoms with Gasteiger partial charge in [0, 0.05) is 45.3 Å². The van der Waals surface area contributed by atoms with Crippen molar-refractivity contribution in [3.63, 3.8) is 0 Å². The molecule has 174 valence electrons. The van der Waals surface area contributed by atoms with Gasteiger partial charge in [-0.05, 0) is 50.8 Å². The Balaban J connectivity index is 1.53. The molecule has 2 aliphatic rings. The zero-order valence-electron chi connectivity index (χ0n) is 18.4. The number of hydrogen-bond acceptors (Lipinski definition) is 5. The summed E-state index contributed by atoms with van der Waals surface area (Å²) in [7, 11) is -6.80. The van der Waals surface area contributed by atoms with Crippen molar-refractivity contribution in [3.05, 3.63) is 29.3 Å². The van der Waals surface area contributed by atoms with Gasteiger partial charge in [0.15, 0.2) is 0 Å². The van der Waals surface area contributed by atoms with Crippen molar-refractivity contribution in [2.75, 3.05) is 45.0 Å². The van der Waals surface area contributed by atoms with Gasteiger partial charge in [0.2, 0.25) is 20.0 Å². The second kappa shape index (κ2) is 9.43. The molecule has 0 bridgehead atoms. The number of piperazine rings is 1. The number of carbonyl (C=O) groups excluding carboxylic acids is 1. The number of amides is 2. The van der Waals surface area contributed by atoms with Crippen molar-refractivity contribution < 1.29 is 21.6 Å². The minimum atomic E-state index is -3.60. The van der Waals surface area contributed by atoms with E-state index in [0.29, 0.717) is 49.5 Å². The van der Waals surface area contributed by atoms with Crippen LogP contribution in [0.1, 0.15) is 30.9 Å². The van der Waals surface area contributed by atoms with E-state index in [1.54, 1.807) is 24.8 Å². The maximum atomic E-state index is 13.0. The molecule has 9 nitrogen and oxygen atoms in total. The summed E-state index contributed by atoms with van der Waals surface area (Å²) in [5.41, 5.74) is 1.60. The molecule has 0 spiro atoms. The van der Waals surface area contributed by atoms with Gasteiger partial charge in [-0.1, -0.05) is 12.1 Å². The molecule has 2 aliphatic heterocycles. The second-order valence-corrected chi connectivity index (χ2v) is 12.3. The average molecular weight is 473 g/mol. The molecule has 2 saturated heterocycles. The maximum Gasteiger partial charge on any atom is 0.317 e. The van der Waals surface area contributed by atoms with E-state index >= 15 is 0 Å². The zero-order chi connectivity index (χ0) is 22.8. The molecule has 1 aromatic rings. The molecule has 3 rings (SSSR count). The minimum Gasteiger partial charge on any atom is -0.335 e. The van der Waals surface area contributed by atoms with E-state index in [9.17, 15) is 21.6 Å². The highest BCUT2D eigenvalue weighted by atomic mass is 32.2. The predicted octanol–water partition coefficient (Wildman–Crippen LogP) is 1.13. The number of nitrogens with zero attached hydrogens (tertiary/aromatic N) is 3. The highest BCUT2D eigenvalue weighted by molar-refractivity contribution is 7.89. The smallest absolute Gasteiger partial charge is 0.317 e. The van der Waals surface area contributed by atoms with Crippen LogP contribution < -0.4 is 5.32 Å². The predicted molar refractivity (Wildman–Crippen MR) is 119 cm³/mol. The molecule has 2 fully saturated rings. The Morgan fingerprint density at radius 3 is 2.16 bits per heavy atom. The summed E-state index contributed by atoms with van der Waals surface area (Å²) in [6.45, 7) is 7.22. The fourth-order valence-electron chi connectivity index (χ4n) is 3.98. The van der Waals surface area contributed by atoms with Gasteiger partial charge in [-0.25, -0.2) is 25.9 Å². The van der Waals surface area contributed by atoms with Gasteiger partial charge in [-0.3, -0.25) is 0 Å². The first-order valence-electron chi connectivity index (χ1n) is 10.7. The van der Waals surface area contributed by atoms with Crippen LogP contribution in [0.15, 0.2) is 23.1 Å². The Labute approximate surface area is 185 Å². The number of sulfonamides is 2. The summed E-state index contributed by atoms with van der Waals surface area (Å²) in [5, 5.41) is 2.98. The van der Waals surface area contributed by atoms with E-state index in [1.165, 1.54) is 8.61 Å². The van der Waals surface area contributed by atoms with Crippen LogP contribution in [-0.4, -0.2) is 87.4 Å². The number of urea groups is 1. The largest absolute Gasteiger partial charge is 0.335 e. The fourth-order valence-corrected chi connectivity index (χ4v) is 6.85. The van der Waals surface area contributed by atoms with Gasteiger partial charge < -0.3 is 10.2 Å². The Hall–Kier alpha value is -1.69. The summed E-state index contributed by atoms with van der Waals surface area (Å²) >= 11 is 0. The fraction of sp³-hybridized carbons (Fsp3) is 0.650. The van der Waals surface area contributed by atoms with Crippen LogP contribution in [0.3, 0.4) is 0 Å². The summed E-state index contributed by atoms with van der Waals surface area (Å²) < 4.78 is 52.9. The maximum absolute atomic E-state index is 13.0. The van der Waals surface area contributed by atoms with Gasteiger partial charge in [0.25, 0.3) is 0 Å². The number of piperidine rings is 1. The third-order valence-corrected chi connectivity index (χ3v) is 9.95. The number of aryl methyl sites for hydroxylation is 2. The van der Waals surface area contributed by atoms with E-state index in [-0.39, 0.29) is 30.9 Å². The van der Waals surface area contributed by atoms with Gasteiger partial charge in [0.1, 0.15) is 0 Å². The number of hydrogen-bond donors (Lipinski definition) is 1. The summed E-state index contributed by atoms with van der Waals surface area (Å²) in [6.07, 6.45) is 1.15. The van der Waals surface area contributed by atoms with Crippen molar-refractivity contribution in [3.8, 4) is 0 Å². The number of nitrogens with one attached hydrogen (secondary N) is 1. The lowest BCUT2D eigenvalue weighted by atomic mass is 10.1. The molecule has 1 N–H and O–H groups in total. The molecule has 0 aromatic heterocycles. The standard InChI is InChI=1S/C20H32N4O5S2/c1-4-30(26,27)23-9-7-18(8-10-23)21-20(25)22-11-13-24(14-12-22)31(28,29)19-15-16(2)5-6-17(19)3/h5-6,15,18H,4,7-14H2,1-3H3,(H,21,25). The molecule has 0 unspecified atom stereocenters. The first-order chi connectivity index (χ1) is 14.5. The van der Waals surface area contributed by atoms with E-state index < -0.39 is 20.0 Å². The Morgan fingerprint density at radius 2 is 1.58 bits per heavy atom. The van der Waals surface area contributed by atoms with E-state index in [0.717, 1.165) is 5.56 Å². The molecule has 0 saturated carbocycles. The van der Waals surface area contributed by atoms with Crippen molar-refractivity contribution in [2.45, 2.75) is 44.6 Å². The van der Waals surface area contributed by atoms with Crippen LogP contribution >= 0.6 is 0 Å². The van der Waals surface area contributed by atoms with Crippen LogP contribution in [0.2, 0.25) is 0 Å². The van der Waals surface area contributed by atoms with Crippen molar-refractivity contribution in [1.82, 2.24) is 18.8 Å². The molecule has 2 heterocycles. The Bertz CT molecular complexity index is 1010. The molecule has 0 atom stereocenters. The van der Waals surface area contributed by atoms with Crippen LogP contribution in [0, 0.1) is 13.8 Å². The monoisotopic (exact) mass is 472 g/mol. The Morgan fingerprint density at radius 1 is 0.968 bits per heavy atom. The normalized spacial score (nSPS) is 20.0. The molecular formula is C20H32N4O5S2. The molecule has 1 aromatic carbocycles. The summed E-state index contributed by atoms with van der Waals surface area (Å²) in [5.74, 6) is 0.0826. The van der Waals surface area contributed by atoms with Crippen molar-refractivity contribution in [2.24, 2.45) is 0 Å². The molecule has 0 aliphatic carbocycles. The minimum absolute atomic E-state index is 0.0764. The first-order valence-corrected chi connectivity index (χ1v) is 13.7. The van der Waals surface area contributed by atoms with Crippen LogP contribution in [0.5, 0.6) is 0 Å². The first kappa shape index (κ1) is 24.0. The van der Waals surface area contributed by atoms with Crippen LogP contribution in [0.4, 0.5) is 4.79 Å². The highest BCUT2D eigenvalue weighted by Gasteiger charge is 2.33. The molecule has 31 heavy (non-hydrogen) atoms. The molecule has 0 radical (unpaired) electrons. The van der Waals surface area contributed by atoms with Crippen molar-refractivity contribution in [1.29, 1.82) is 0 Å². The molecule has 11 heteroatoms. The summed E-state index contributed by atoms with van der Waals surface area (Å²) in [6, 6.07) is 5.09. The second-order valence-electron chi connectivity index (χ2n) is 8.18. The van der Waals surface area contributed by atoms with Crippen molar-refractivity contribution >= 4 is 26.1 Å². The van der Waals surface area contributed by atoms with Gasteiger partial charge >= 0.3 is 6.03 Å². The van der Waals surface area contributed by atoms with E-state index in [1.807, 2.05) is 19.1 Å². The topological polar surface area (TPSA) is 107 Å². The van der Waals surface area contributed by atoms with E-state index in [4.69, 9.17) is 0 Å². The molecular weight excluding hydrogens is 440 g/mol. The van der Waals surface area contributed by atoms with Gasteiger partial charge in [-0.15, -0.1) is 0 Å². The number of benzene rings is 1. The average Bonchev–Trinajstić information content (AvgIpc) is 2.75. The number of carbonyl (C=O) groups is 1. The Kier molecular flexibility index (Phi) is 7.29. The SMILES string of the molecule is CCS(=O)(=O)N1CCC(NC(=O)N2CCN(S(=O)(=O)c3cc(C)ccc3C)CC2)CC1. The van der Waals surface area contributed by atoms with Gasteiger partial charge in [-0.2, -0.15) is 4.31 Å². The zero-order valence-corrected chi connectivity index (χ0v) is 20.0. The van der Waals surface area contributed by atoms with Crippen LogP contribution in [0.25, 0.3) is 0 Å². The highest BCUT2D eigenvalue weighted by Crippen LogP contribution is 2.22. The summed E-state index contributed by atoms with van der Waals surface area (Å²) in [4.78, 5) is 14.6. The lowest BCUT2D eigenvalue weighted by molar-refractivity contribution is 0.164. The van der Waals surface area contributed by atoms with Crippen LogP contribution in [-0.2, 0) is 20.0 Å². The van der Waals surface area contributed by atoms with E-state index in [2.05, 4.69) is 5.32 Å². The lowest BCUT2D eigenvalue weighted by Gasteiger charge is -2.36. The number of rotatable bonds is 5. The quantitative estimate of drug-likeness (QED) is 0.691. The van der Waals surface area contributed by atoms with Gasteiger partial charge in [0.05, 0.1) is 10.6 Å².